The molecule has 0 radical (unpaired) electrons. The van der Waals surface area contributed by atoms with Gasteiger partial charge in [-0.3, -0.25) is 4.79 Å². The Bertz CT molecular complexity index is 933. The molecule has 4 rings (SSSR count). The minimum atomic E-state index is -0.980. The third kappa shape index (κ3) is 2.25. The molecule has 2 aromatic carbocycles. The molecule has 1 aliphatic heterocycles. The molecule has 0 unspecified atom stereocenters. The number of hydrogen-bond acceptors (Lipinski definition) is 6. The molecule has 0 saturated carbocycles. The van der Waals surface area contributed by atoms with Gasteiger partial charge in [0.25, 0.3) is 0 Å². The molecule has 1 aliphatic rings. The topological polar surface area (TPSA) is 89.4 Å². The maximum atomic E-state index is 11.9. The second-order valence-corrected chi connectivity index (χ2v) is 5.80. The van der Waals surface area contributed by atoms with Crippen molar-refractivity contribution in [2.75, 3.05) is 0 Å². The molecule has 1 N–H and O–H groups in total. The molecule has 0 spiro atoms. The molecule has 3 aromatic rings. The van der Waals surface area contributed by atoms with Crippen LogP contribution in [-0.4, -0.2) is 25.8 Å². The largest absolute Gasteiger partial charge is 0.478 e. The zero-order valence-corrected chi connectivity index (χ0v) is 12.5. The predicted molar refractivity (Wildman–Crippen MR) is 82.9 cm³/mol. The molecule has 6 nitrogen and oxygen atoms in total. The predicted octanol–water partition coefficient (Wildman–Crippen LogP) is 2.83. The smallest absolute Gasteiger partial charge is 0.335 e. The van der Waals surface area contributed by atoms with Crippen molar-refractivity contribution in [1.29, 1.82) is 0 Å². The van der Waals surface area contributed by atoms with Crippen LogP contribution < -0.4 is 4.74 Å². The van der Waals surface area contributed by atoms with E-state index in [4.69, 9.17) is 9.84 Å². The van der Waals surface area contributed by atoms with Crippen LogP contribution in [-0.2, 0) is 4.79 Å². The molecule has 7 heteroatoms. The molecule has 0 fully saturated rings. The highest BCUT2D eigenvalue weighted by Gasteiger charge is 2.31. The lowest BCUT2D eigenvalue weighted by Gasteiger charge is -2.25. The van der Waals surface area contributed by atoms with Crippen molar-refractivity contribution in [2.45, 2.75) is 12.3 Å². The summed E-state index contributed by atoms with van der Waals surface area (Å²) in [5.41, 5.74) is 3.39. The number of benzene rings is 2. The second kappa shape index (κ2) is 5.13. The Morgan fingerprint density at radius 3 is 2.70 bits per heavy atom. The summed E-state index contributed by atoms with van der Waals surface area (Å²) in [7, 11) is 0. The van der Waals surface area contributed by atoms with E-state index < -0.39 is 5.97 Å². The SMILES string of the molecule is O=C1C[C@H](c2ccc(C(=O)O)cc2)c2c(ccc3nsnc23)O1. The number of carboxylic acids is 1. The third-order valence-electron chi connectivity index (χ3n) is 3.93. The number of carboxylic acid groups (broad SMARTS) is 1. The first-order valence-corrected chi connectivity index (χ1v) is 7.65. The number of fused-ring (bicyclic) bond motifs is 3. The van der Waals surface area contributed by atoms with Crippen molar-refractivity contribution in [3.05, 3.63) is 53.1 Å². The highest BCUT2D eigenvalue weighted by Crippen LogP contribution is 2.42. The van der Waals surface area contributed by atoms with Gasteiger partial charge in [-0.05, 0) is 29.8 Å². The first kappa shape index (κ1) is 13.8. The van der Waals surface area contributed by atoms with Crippen LogP contribution in [0, 0.1) is 0 Å². The number of carbonyl (C=O) groups is 2. The molecule has 1 aromatic heterocycles. The van der Waals surface area contributed by atoms with E-state index in [0.717, 1.165) is 33.9 Å². The van der Waals surface area contributed by atoms with Gasteiger partial charge in [-0.1, -0.05) is 12.1 Å². The van der Waals surface area contributed by atoms with Gasteiger partial charge in [-0.2, -0.15) is 8.75 Å². The van der Waals surface area contributed by atoms with Crippen LogP contribution in [0.1, 0.15) is 33.8 Å². The first-order valence-electron chi connectivity index (χ1n) is 6.92. The van der Waals surface area contributed by atoms with Gasteiger partial charge in [-0.15, -0.1) is 0 Å². The zero-order valence-electron chi connectivity index (χ0n) is 11.7. The van der Waals surface area contributed by atoms with Crippen LogP contribution in [0.4, 0.5) is 0 Å². The Kier molecular flexibility index (Phi) is 3.09. The number of rotatable bonds is 2. The quantitative estimate of drug-likeness (QED) is 0.575. The lowest BCUT2D eigenvalue weighted by atomic mass is 9.85. The zero-order chi connectivity index (χ0) is 16.0. The highest BCUT2D eigenvalue weighted by molar-refractivity contribution is 7.00. The molecule has 114 valence electrons. The van der Waals surface area contributed by atoms with E-state index >= 15 is 0 Å². The summed E-state index contributed by atoms with van der Waals surface area (Å²) in [5, 5.41) is 9.01. The molecule has 0 saturated heterocycles. The maximum Gasteiger partial charge on any atom is 0.335 e. The standard InChI is InChI=1S/C16H10N2O4S/c19-13-7-10(8-1-3-9(4-2-8)16(20)21)14-12(22-13)6-5-11-15(14)18-23-17-11/h1-6,10H,7H2,(H,20,21)/t10-/m1/s1. The normalized spacial score (nSPS) is 16.9. The number of hydrogen-bond donors (Lipinski definition) is 1. The Morgan fingerprint density at radius 1 is 1.17 bits per heavy atom. The Labute approximate surface area is 134 Å². The van der Waals surface area contributed by atoms with Crippen LogP contribution >= 0.6 is 11.7 Å². The number of carbonyl (C=O) groups excluding carboxylic acids is 1. The fraction of sp³-hybridized carbons (Fsp3) is 0.125. The summed E-state index contributed by atoms with van der Waals surface area (Å²) < 4.78 is 13.9. The molecule has 0 amide bonds. The van der Waals surface area contributed by atoms with Gasteiger partial charge < -0.3 is 9.84 Å². The molecule has 23 heavy (non-hydrogen) atoms. The van der Waals surface area contributed by atoms with Crippen molar-refractivity contribution < 1.29 is 19.4 Å². The lowest BCUT2D eigenvalue weighted by molar-refractivity contribution is -0.135. The minimum Gasteiger partial charge on any atom is -0.478 e. The molecular formula is C16H10N2O4S. The fourth-order valence-corrected chi connectivity index (χ4v) is 3.40. The van der Waals surface area contributed by atoms with Gasteiger partial charge >= 0.3 is 11.9 Å². The Hall–Kier alpha value is -2.80. The highest BCUT2D eigenvalue weighted by atomic mass is 32.1. The number of aromatic carboxylic acids is 1. The number of nitrogens with zero attached hydrogens (tertiary/aromatic N) is 2. The number of aromatic nitrogens is 2. The monoisotopic (exact) mass is 326 g/mol. The van der Waals surface area contributed by atoms with Crippen molar-refractivity contribution >= 4 is 34.7 Å². The van der Waals surface area contributed by atoms with Gasteiger partial charge in [0, 0.05) is 11.5 Å². The summed E-state index contributed by atoms with van der Waals surface area (Å²) >= 11 is 1.11. The second-order valence-electron chi connectivity index (χ2n) is 5.27. The van der Waals surface area contributed by atoms with E-state index in [9.17, 15) is 9.59 Å². The van der Waals surface area contributed by atoms with E-state index in [1.807, 2.05) is 0 Å². The molecule has 0 bridgehead atoms. The summed E-state index contributed by atoms with van der Waals surface area (Å²) in [4.78, 5) is 22.9. The molecular weight excluding hydrogens is 316 g/mol. The Balaban J connectivity index is 1.88. The average molecular weight is 326 g/mol. The first-order chi connectivity index (χ1) is 11.1. The van der Waals surface area contributed by atoms with Crippen LogP contribution in [0.3, 0.4) is 0 Å². The summed E-state index contributed by atoms with van der Waals surface area (Å²) in [6.45, 7) is 0. The summed E-state index contributed by atoms with van der Waals surface area (Å²) in [6, 6.07) is 10.0. The van der Waals surface area contributed by atoms with E-state index in [-0.39, 0.29) is 23.9 Å². The number of esters is 1. The maximum absolute atomic E-state index is 11.9. The van der Waals surface area contributed by atoms with Gasteiger partial charge in [-0.25, -0.2) is 4.79 Å². The fourth-order valence-electron chi connectivity index (χ4n) is 2.85. The van der Waals surface area contributed by atoms with Gasteiger partial charge in [0.1, 0.15) is 16.8 Å². The van der Waals surface area contributed by atoms with Crippen LogP contribution in [0.25, 0.3) is 11.0 Å². The molecule has 1 atom stereocenters. The molecule has 2 heterocycles. The van der Waals surface area contributed by atoms with Crippen LogP contribution in [0.5, 0.6) is 5.75 Å². The minimum absolute atomic E-state index is 0.191. The van der Waals surface area contributed by atoms with E-state index in [2.05, 4.69) is 8.75 Å². The van der Waals surface area contributed by atoms with E-state index in [0.29, 0.717) is 5.75 Å². The third-order valence-corrected chi connectivity index (χ3v) is 4.47. The van der Waals surface area contributed by atoms with Crippen molar-refractivity contribution in [3.8, 4) is 5.75 Å². The summed E-state index contributed by atoms with van der Waals surface area (Å²) in [6.07, 6.45) is 0.191. The Morgan fingerprint density at radius 2 is 1.96 bits per heavy atom. The van der Waals surface area contributed by atoms with Crippen molar-refractivity contribution in [1.82, 2.24) is 8.75 Å². The lowest BCUT2D eigenvalue weighted by Crippen LogP contribution is -2.21. The van der Waals surface area contributed by atoms with Crippen LogP contribution in [0.2, 0.25) is 0 Å². The van der Waals surface area contributed by atoms with E-state index in [1.165, 1.54) is 12.1 Å². The average Bonchev–Trinajstić information content (AvgIpc) is 3.02. The summed E-state index contributed by atoms with van der Waals surface area (Å²) in [5.74, 6) is -1.02. The molecule has 0 aliphatic carbocycles. The van der Waals surface area contributed by atoms with Gasteiger partial charge in [0.15, 0.2) is 0 Å². The van der Waals surface area contributed by atoms with Crippen molar-refractivity contribution in [3.63, 3.8) is 0 Å². The van der Waals surface area contributed by atoms with Crippen LogP contribution in [0.15, 0.2) is 36.4 Å². The van der Waals surface area contributed by atoms with Gasteiger partial charge in [0.05, 0.1) is 23.7 Å². The number of ether oxygens (including phenoxy) is 1. The van der Waals surface area contributed by atoms with Gasteiger partial charge in [0.2, 0.25) is 0 Å². The van der Waals surface area contributed by atoms with E-state index in [1.54, 1.807) is 24.3 Å². The van der Waals surface area contributed by atoms with Crippen molar-refractivity contribution in [2.24, 2.45) is 0 Å².